The molecule has 0 aliphatic rings. The molecule has 5 heteroatoms. The van der Waals surface area contributed by atoms with Crippen molar-refractivity contribution in [3.8, 4) is 0 Å². The zero-order chi connectivity index (χ0) is 15.1. The van der Waals surface area contributed by atoms with Crippen LogP contribution in [-0.4, -0.2) is 11.5 Å². The first-order valence-corrected chi connectivity index (χ1v) is 7.66. The van der Waals surface area contributed by atoms with E-state index in [9.17, 15) is 0 Å². The number of ether oxygens (including phenoxy) is 1. The Morgan fingerprint density at radius 2 is 1.86 bits per heavy atom. The number of nitrogens with one attached hydrogen (secondary N) is 1. The number of pyridine rings is 1. The Bertz CT molecular complexity index is 590. The number of rotatable bonds is 7. The molecule has 112 valence electrons. The van der Waals surface area contributed by atoms with Gasteiger partial charge in [0.2, 0.25) is 0 Å². The summed E-state index contributed by atoms with van der Waals surface area (Å²) in [6.07, 6.45) is 1.04. The minimum absolute atomic E-state index is 0.353. The molecule has 0 aliphatic carbocycles. The SMILES string of the molecule is CCCNc1ccc(Cl)c(COCc2ccccc2Cl)n1. The second-order valence-corrected chi connectivity index (χ2v) is 5.45. The summed E-state index contributed by atoms with van der Waals surface area (Å²) in [6.45, 7) is 3.78. The van der Waals surface area contributed by atoms with Gasteiger partial charge in [-0.1, -0.05) is 48.3 Å². The highest BCUT2D eigenvalue weighted by Crippen LogP contribution is 2.20. The first-order valence-electron chi connectivity index (χ1n) is 6.91. The van der Waals surface area contributed by atoms with E-state index < -0.39 is 0 Å². The number of anilines is 1. The van der Waals surface area contributed by atoms with Crippen molar-refractivity contribution in [2.75, 3.05) is 11.9 Å². The highest BCUT2D eigenvalue weighted by Gasteiger charge is 2.05. The molecule has 2 aromatic rings. The van der Waals surface area contributed by atoms with Gasteiger partial charge in [0.25, 0.3) is 0 Å². The Morgan fingerprint density at radius 3 is 2.62 bits per heavy atom. The molecule has 1 N–H and O–H groups in total. The third-order valence-corrected chi connectivity index (χ3v) is 3.64. The Balaban J connectivity index is 1.94. The van der Waals surface area contributed by atoms with Crippen LogP contribution in [0, 0.1) is 0 Å². The highest BCUT2D eigenvalue weighted by molar-refractivity contribution is 6.31. The van der Waals surface area contributed by atoms with E-state index in [1.807, 2.05) is 36.4 Å². The number of benzene rings is 1. The van der Waals surface area contributed by atoms with Crippen molar-refractivity contribution in [1.82, 2.24) is 4.98 Å². The van der Waals surface area contributed by atoms with E-state index in [2.05, 4.69) is 17.2 Å². The van der Waals surface area contributed by atoms with E-state index in [-0.39, 0.29) is 0 Å². The summed E-state index contributed by atoms with van der Waals surface area (Å²) in [6, 6.07) is 11.3. The fourth-order valence-corrected chi connectivity index (χ4v) is 2.16. The van der Waals surface area contributed by atoms with Gasteiger partial charge in [0.05, 0.1) is 23.9 Å². The Hall–Kier alpha value is -1.29. The quantitative estimate of drug-likeness (QED) is 0.784. The third kappa shape index (κ3) is 4.88. The first-order chi connectivity index (χ1) is 10.2. The van der Waals surface area contributed by atoms with Gasteiger partial charge in [0, 0.05) is 11.6 Å². The molecule has 0 saturated carbocycles. The van der Waals surface area contributed by atoms with Crippen molar-refractivity contribution in [1.29, 1.82) is 0 Å². The molecule has 0 amide bonds. The van der Waals surface area contributed by atoms with Gasteiger partial charge < -0.3 is 10.1 Å². The van der Waals surface area contributed by atoms with Crippen LogP contribution in [0.2, 0.25) is 10.0 Å². The normalized spacial score (nSPS) is 10.6. The predicted molar refractivity (Wildman–Crippen MR) is 88.0 cm³/mol. The van der Waals surface area contributed by atoms with Crippen LogP contribution in [0.1, 0.15) is 24.6 Å². The van der Waals surface area contributed by atoms with Crippen molar-refractivity contribution in [3.05, 3.63) is 57.7 Å². The summed E-state index contributed by atoms with van der Waals surface area (Å²) in [5.41, 5.74) is 1.68. The molecular weight excluding hydrogens is 307 g/mol. The van der Waals surface area contributed by atoms with E-state index in [1.165, 1.54) is 0 Å². The van der Waals surface area contributed by atoms with Crippen LogP contribution in [0.5, 0.6) is 0 Å². The molecule has 0 aliphatic heterocycles. The molecule has 1 aromatic carbocycles. The summed E-state index contributed by atoms with van der Waals surface area (Å²) in [7, 11) is 0. The summed E-state index contributed by atoms with van der Waals surface area (Å²) in [5.74, 6) is 0.817. The predicted octanol–water partition coefficient (Wildman–Crippen LogP) is 4.93. The lowest BCUT2D eigenvalue weighted by Crippen LogP contribution is -2.05. The van der Waals surface area contributed by atoms with Gasteiger partial charge in [-0.25, -0.2) is 4.98 Å². The minimum atomic E-state index is 0.353. The molecule has 0 bridgehead atoms. The molecule has 1 heterocycles. The molecule has 21 heavy (non-hydrogen) atoms. The van der Waals surface area contributed by atoms with E-state index in [4.69, 9.17) is 27.9 Å². The van der Waals surface area contributed by atoms with Crippen LogP contribution >= 0.6 is 23.2 Å². The lowest BCUT2D eigenvalue weighted by molar-refractivity contribution is 0.105. The van der Waals surface area contributed by atoms with Crippen molar-refractivity contribution >= 4 is 29.0 Å². The topological polar surface area (TPSA) is 34.1 Å². The second kappa shape index (κ2) is 8.23. The van der Waals surface area contributed by atoms with Gasteiger partial charge in [-0.2, -0.15) is 0 Å². The van der Waals surface area contributed by atoms with Crippen LogP contribution in [0.3, 0.4) is 0 Å². The number of hydrogen-bond acceptors (Lipinski definition) is 3. The van der Waals surface area contributed by atoms with Crippen molar-refractivity contribution in [2.24, 2.45) is 0 Å². The summed E-state index contributed by atoms with van der Waals surface area (Å²) >= 11 is 12.2. The summed E-state index contributed by atoms with van der Waals surface area (Å²) < 4.78 is 5.67. The summed E-state index contributed by atoms with van der Waals surface area (Å²) in [5, 5.41) is 4.54. The molecule has 0 saturated heterocycles. The maximum absolute atomic E-state index is 6.15. The second-order valence-electron chi connectivity index (χ2n) is 4.64. The molecule has 0 unspecified atom stereocenters. The number of aromatic nitrogens is 1. The zero-order valence-corrected chi connectivity index (χ0v) is 13.4. The first kappa shape index (κ1) is 16.1. The van der Waals surface area contributed by atoms with E-state index in [0.717, 1.165) is 30.0 Å². The zero-order valence-electron chi connectivity index (χ0n) is 11.9. The standard InChI is InChI=1S/C16H18Cl2N2O/c1-2-9-19-16-8-7-14(18)15(20-16)11-21-10-12-5-3-4-6-13(12)17/h3-8H,2,9-11H2,1H3,(H,19,20). The highest BCUT2D eigenvalue weighted by atomic mass is 35.5. The van der Waals surface area contributed by atoms with Gasteiger partial charge in [-0.05, 0) is 30.2 Å². The van der Waals surface area contributed by atoms with E-state index in [0.29, 0.717) is 23.3 Å². The van der Waals surface area contributed by atoms with Crippen molar-refractivity contribution in [2.45, 2.75) is 26.6 Å². The smallest absolute Gasteiger partial charge is 0.126 e. The fraction of sp³-hybridized carbons (Fsp3) is 0.312. The number of nitrogens with zero attached hydrogens (tertiary/aromatic N) is 1. The van der Waals surface area contributed by atoms with Crippen molar-refractivity contribution < 1.29 is 4.74 Å². The maximum atomic E-state index is 6.15. The van der Waals surface area contributed by atoms with Gasteiger partial charge in [0.1, 0.15) is 5.82 Å². The molecule has 0 fully saturated rings. The summed E-state index contributed by atoms with van der Waals surface area (Å²) in [4.78, 5) is 4.46. The molecule has 0 atom stereocenters. The monoisotopic (exact) mass is 324 g/mol. The molecule has 0 spiro atoms. The van der Waals surface area contributed by atoms with Crippen molar-refractivity contribution in [3.63, 3.8) is 0 Å². The Morgan fingerprint density at radius 1 is 1.05 bits per heavy atom. The Kier molecular flexibility index (Phi) is 6.30. The molecule has 3 nitrogen and oxygen atoms in total. The number of halogens is 2. The van der Waals surface area contributed by atoms with Crippen LogP contribution in [-0.2, 0) is 18.0 Å². The van der Waals surface area contributed by atoms with Gasteiger partial charge >= 0.3 is 0 Å². The molecule has 0 radical (unpaired) electrons. The maximum Gasteiger partial charge on any atom is 0.126 e. The largest absolute Gasteiger partial charge is 0.370 e. The van der Waals surface area contributed by atoms with Gasteiger partial charge in [-0.15, -0.1) is 0 Å². The molecule has 2 rings (SSSR count). The lowest BCUT2D eigenvalue weighted by Gasteiger charge is -2.09. The average molecular weight is 325 g/mol. The van der Waals surface area contributed by atoms with Crippen LogP contribution < -0.4 is 5.32 Å². The Labute approximate surface area is 135 Å². The van der Waals surface area contributed by atoms with Crippen LogP contribution in [0.4, 0.5) is 5.82 Å². The van der Waals surface area contributed by atoms with E-state index >= 15 is 0 Å². The van der Waals surface area contributed by atoms with Crippen LogP contribution in [0.25, 0.3) is 0 Å². The van der Waals surface area contributed by atoms with Gasteiger partial charge in [0.15, 0.2) is 0 Å². The fourth-order valence-electron chi connectivity index (χ4n) is 1.81. The van der Waals surface area contributed by atoms with Crippen LogP contribution in [0.15, 0.2) is 36.4 Å². The molecule has 1 aromatic heterocycles. The minimum Gasteiger partial charge on any atom is -0.370 e. The van der Waals surface area contributed by atoms with E-state index in [1.54, 1.807) is 0 Å². The molecular formula is C16H18Cl2N2O. The lowest BCUT2D eigenvalue weighted by atomic mass is 10.2. The average Bonchev–Trinajstić information content (AvgIpc) is 2.49. The number of hydrogen-bond donors (Lipinski definition) is 1. The van der Waals surface area contributed by atoms with Gasteiger partial charge in [-0.3, -0.25) is 0 Å². The third-order valence-electron chi connectivity index (χ3n) is 2.93.